The minimum Gasteiger partial charge on any atom is -0.390 e. The molecular weight excluding hydrogens is 468 g/mol. The van der Waals surface area contributed by atoms with Crippen molar-refractivity contribution in [2.45, 2.75) is 101 Å². The van der Waals surface area contributed by atoms with Crippen LogP contribution < -0.4 is 11.1 Å². The van der Waals surface area contributed by atoms with Crippen LogP contribution in [0.4, 0.5) is 0 Å². The van der Waals surface area contributed by atoms with Gasteiger partial charge in [0.1, 0.15) is 12.1 Å². The number of nitrogens with two attached hydrogens (primary N) is 1. The zero-order valence-electron chi connectivity index (χ0n) is 19.6. The Kier molecular flexibility index (Phi) is 14.9. The van der Waals surface area contributed by atoms with Crippen LogP contribution in [0, 0.1) is 5.92 Å². The molecule has 8 atom stereocenters. The molecule has 194 valence electrons. The van der Waals surface area contributed by atoms with Gasteiger partial charge in [0.15, 0.2) is 0 Å². The Hall–Kier alpha value is -0.560. The predicted molar refractivity (Wildman–Crippen MR) is 132 cm³/mol. The number of hydrogen-bond donors (Lipinski definition) is 7. The topological polar surface area (TPSA) is 173 Å². The summed E-state index contributed by atoms with van der Waals surface area (Å²) in [5.74, 6) is -0.871. The smallest absolute Gasteiger partial charge is 0.239 e. The van der Waals surface area contributed by atoms with Gasteiger partial charge in [-0.2, -0.15) is 23.5 Å². The molecule has 0 aromatic heterocycles. The van der Waals surface area contributed by atoms with E-state index in [1.807, 2.05) is 0 Å². The summed E-state index contributed by atoms with van der Waals surface area (Å²) >= 11 is 2.64. The van der Waals surface area contributed by atoms with Crippen LogP contribution in [0.25, 0.3) is 0 Å². The fourth-order valence-corrected chi connectivity index (χ4v) is 6.18. The zero-order valence-corrected chi connectivity index (χ0v) is 21.3. The van der Waals surface area contributed by atoms with Gasteiger partial charge in [0.05, 0.1) is 30.3 Å². The van der Waals surface area contributed by atoms with E-state index in [2.05, 4.69) is 12.2 Å². The molecule has 1 fully saturated rings. The molecule has 0 aromatic rings. The van der Waals surface area contributed by atoms with Gasteiger partial charge in [-0.25, -0.2) is 0 Å². The van der Waals surface area contributed by atoms with Crippen LogP contribution in [0.2, 0.25) is 0 Å². The monoisotopic (exact) mass is 510 g/mol. The molecule has 0 radical (unpaired) electrons. The second-order valence-corrected chi connectivity index (χ2v) is 11.2. The van der Waals surface area contributed by atoms with Crippen molar-refractivity contribution in [3.63, 3.8) is 0 Å². The van der Waals surface area contributed by atoms with E-state index in [0.29, 0.717) is 5.75 Å². The van der Waals surface area contributed by atoms with Crippen LogP contribution in [0.15, 0.2) is 0 Å². The standard InChI is InChI=1S/C22H42N2O7S2/c1-3-4-5-6-7-8-9-32-11-16(26)17(27)12-33-20-14(10-15(25)18(28)19(20)29)22(31)24-13(2)21(23)30/h13-20,25-29H,3-12H2,1-2H3,(H2,23,30)(H,24,31)/t13-,14-,15+,16?,17?,18-,19-,20-/m0/s1. The Morgan fingerprint density at radius 3 is 2.24 bits per heavy atom. The SMILES string of the molecule is CCCCCCCCSCC(O)C(O)CS[C@@H]1[C@@H](O)[C@@H](O)[C@H](O)C[C@@H]1C(=O)N[C@@H](C)C(N)=O. The number of rotatable bonds is 16. The van der Waals surface area contributed by atoms with Crippen molar-refractivity contribution in [3.05, 3.63) is 0 Å². The zero-order chi connectivity index (χ0) is 25.0. The predicted octanol–water partition coefficient (Wildman–Crippen LogP) is -0.00370. The van der Waals surface area contributed by atoms with Gasteiger partial charge in [0.25, 0.3) is 0 Å². The highest BCUT2D eigenvalue weighted by Gasteiger charge is 2.46. The van der Waals surface area contributed by atoms with Crippen molar-refractivity contribution in [1.29, 1.82) is 0 Å². The number of thioether (sulfide) groups is 2. The van der Waals surface area contributed by atoms with Crippen molar-refractivity contribution in [1.82, 2.24) is 5.32 Å². The van der Waals surface area contributed by atoms with Gasteiger partial charge >= 0.3 is 0 Å². The molecule has 1 saturated carbocycles. The molecule has 9 nitrogen and oxygen atoms in total. The van der Waals surface area contributed by atoms with Gasteiger partial charge in [-0.15, -0.1) is 0 Å². The van der Waals surface area contributed by atoms with E-state index in [-0.39, 0.29) is 12.2 Å². The van der Waals surface area contributed by atoms with E-state index in [9.17, 15) is 35.1 Å². The minimum absolute atomic E-state index is 0.0401. The molecule has 0 saturated heterocycles. The maximum Gasteiger partial charge on any atom is 0.239 e. The average molecular weight is 511 g/mol. The Balaban J connectivity index is 2.52. The molecule has 0 bridgehead atoms. The number of carbonyl (C=O) groups excluding carboxylic acids is 2. The van der Waals surface area contributed by atoms with E-state index in [1.54, 1.807) is 11.8 Å². The lowest BCUT2D eigenvalue weighted by Crippen LogP contribution is -2.57. The molecule has 8 N–H and O–H groups in total. The van der Waals surface area contributed by atoms with Crippen molar-refractivity contribution in [2.24, 2.45) is 11.7 Å². The first-order valence-corrected chi connectivity index (χ1v) is 14.0. The first-order valence-electron chi connectivity index (χ1n) is 11.8. The van der Waals surface area contributed by atoms with E-state index < -0.39 is 59.5 Å². The van der Waals surface area contributed by atoms with Crippen LogP contribution in [0.3, 0.4) is 0 Å². The highest BCUT2D eigenvalue weighted by atomic mass is 32.2. The van der Waals surface area contributed by atoms with E-state index >= 15 is 0 Å². The second kappa shape index (κ2) is 16.2. The Morgan fingerprint density at radius 1 is 1.00 bits per heavy atom. The highest BCUT2D eigenvalue weighted by molar-refractivity contribution is 8.00. The molecule has 0 heterocycles. The first kappa shape index (κ1) is 30.5. The van der Waals surface area contributed by atoms with Crippen LogP contribution in [-0.2, 0) is 9.59 Å². The number of amides is 2. The molecule has 1 aliphatic rings. The van der Waals surface area contributed by atoms with Crippen LogP contribution in [-0.4, -0.2) is 96.4 Å². The van der Waals surface area contributed by atoms with E-state index in [4.69, 9.17) is 5.73 Å². The van der Waals surface area contributed by atoms with Gasteiger partial charge in [-0.1, -0.05) is 39.0 Å². The summed E-state index contributed by atoms with van der Waals surface area (Å²) in [6.07, 6.45) is 0.878. The van der Waals surface area contributed by atoms with Crippen LogP contribution >= 0.6 is 23.5 Å². The summed E-state index contributed by atoms with van der Waals surface area (Å²) in [4.78, 5) is 23.9. The maximum atomic E-state index is 12.6. The van der Waals surface area contributed by atoms with Gasteiger partial charge in [0, 0.05) is 16.8 Å². The molecule has 0 aromatic carbocycles. The third kappa shape index (κ3) is 10.7. The van der Waals surface area contributed by atoms with Gasteiger partial charge in [0.2, 0.25) is 11.8 Å². The fourth-order valence-electron chi connectivity index (χ4n) is 3.68. The summed E-state index contributed by atoms with van der Waals surface area (Å²) in [6, 6.07) is -0.930. The van der Waals surface area contributed by atoms with Crippen LogP contribution in [0.5, 0.6) is 0 Å². The number of aliphatic hydroxyl groups excluding tert-OH is 5. The maximum absolute atomic E-state index is 12.6. The number of aliphatic hydroxyl groups is 5. The molecule has 1 aliphatic carbocycles. The Bertz CT molecular complexity index is 587. The summed E-state index contributed by atoms with van der Waals surface area (Å²) in [7, 11) is 0. The largest absolute Gasteiger partial charge is 0.390 e. The van der Waals surface area contributed by atoms with Crippen molar-refractivity contribution in [3.8, 4) is 0 Å². The van der Waals surface area contributed by atoms with Gasteiger partial charge < -0.3 is 36.6 Å². The van der Waals surface area contributed by atoms with Gasteiger partial charge in [-0.3, -0.25) is 9.59 Å². The summed E-state index contributed by atoms with van der Waals surface area (Å²) in [5.41, 5.74) is 5.18. The lowest BCUT2D eigenvalue weighted by molar-refractivity contribution is -0.138. The average Bonchev–Trinajstić information content (AvgIpc) is 2.77. The fraction of sp³-hybridized carbons (Fsp3) is 0.909. The lowest BCUT2D eigenvalue weighted by Gasteiger charge is -2.40. The van der Waals surface area contributed by atoms with Crippen molar-refractivity contribution in [2.75, 3.05) is 17.3 Å². The van der Waals surface area contributed by atoms with E-state index in [1.165, 1.54) is 32.6 Å². The molecule has 11 heteroatoms. The van der Waals surface area contributed by atoms with E-state index in [0.717, 1.165) is 30.4 Å². The second-order valence-electron chi connectivity index (χ2n) is 8.80. The number of hydrogen-bond acceptors (Lipinski definition) is 9. The van der Waals surface area contributed by atoms with Crippen molar-refractivity contribution >= 4 is 35.3 Å². The molecule has 33 heavy (non-hydrogen) atoms. The number of nitrogens with one attached hydrogen (secondary N) is 1. The third-order valence-electron chi connectivity index (χ3n) is 5.93. The normalized spacial score (nSPS) is 28.2. The highest BCUT2D eigenvalue weighted by Crippen LogP contribution is 2.35. The van der Waals surface area contributed by atoms with Crippen molar-refractivity contribution < 1.29 is 35.1 Å². The molecule has 2 amide bonds. The molecule has 2 unspecified atom stereocenters. The number of unbranched alkanes of at least 4 members (excludes halogenated alkanes) is 5. The number of primary amides is 1. The third-order valence-corrected chi connectivity index (χ3v) is 8.61. The summed E-state index contributed by atoms with van der Waals surface area (Å²) < 4.78 is 0. The number of carbonyl (C=O) groups is 2. The lowest BCUT2D eigenvalue weighted by atomic mass is 9.82. The molecule has 0 spiro atoms. The Labute approximate surface area is 205 Å². The van der Waals surface area contributed by atoms with Crippen LogP contribution in [0.1, 0.15) is 58.8 Å². The molecule has 0 aliphatic heterocycles. The first-order chi connectivity index (χ1) is 15.6. The minimum atomic E-state index is -1.44. The summed E-state index contributed by atoms with van der Waals surface area (Å²) in [5, 5.41) is 52.8. The quantitative estimate of drug-likeness (QED) is 0.141. The molecule has 1 rings (SSSR count). The van der Waals surface area contributed by atoms with Gasteiger partial charge in [-0.05, 0) is 25.5 Å². The molecular formula is C22H42N2O7S2. The Morgan fingerprint density at radius 2 is 1.61 bits per heavy atom. The summed E-state index contributed by atoms with van der Waals surface area (Å²) in [6.45, 7) is 3.61.